The summed E-state index contributed by atoms with van der Waals surface area (Å²) in [5.41, 5.74) is 1.91. The summed E-state index contributed by atoms with van der Waals surface area (Å²) < 4.78 is 18.1. The van der Waals surface area contributed by atoms with Crippen molar-refractivity contribution in [2.24, 2.45) is 0 Å². The van der Waals surface area contributed by atoms with E-state index in [2.05, 4.69) is 0 Å². The van der Waals surface area contributed by atoms with E-state index >= 15 is 0 Å². The van der Waals surface area contributed by atoms with Gasteiger partial charge in [0.05, 0.1) is 7.11 Å². The predicted octanol–water partition coefficient (Wildman–Crippen LogP) is 3.97. The van der Waals surface area contributed by atoms with Crippen LogP contribution in [0.4, 0.5) is 4.39 Å². The summed E-state index contributed by atoms with van der Waals surface area (Å²) >= 11 is 0. The Morgan fingerprint density at radius 3 is 2.24 bits per heavy atom. The number of hydrogen-bond acceptors (Lipinski definition) is 1. The molecule has 0 radical (unpaired) electrons. The molecule has 0 spiro atoms. The van der Waals surface area contributed by atoms with Gasteiger partial charge in [0.25, 0.3) is 0 Å². The summed E-state index contributed by atoms with van der Waals surface area (Å²) in [6.45, 7) is 0. The van der Waals surface area contributed by atoms with Crippen molar-refractivity contribution in [1.29, 1.82) is 0 Å². The van der Waals surface area contributed by atoms with Crippen LogP contribution in [-0.2, 0) is 4.74 Å². The van der Waals surface area contributed by atoms with E-state index in [9.17, 15) is 4.39 Å². The molecule has 17 heavy (non-hydrogen) atoms. The number of ether oxygens (including phenoxy) is 1. The zero-order valence-corrected chi connectivity index (χ0v) is 9.56. The molecule has 0 saturated heterocycles. The zero-order valence-electron chi connectivity index (χ0n) is 9.56. The van der Waals surface area contributed by atoms with Gasteiger partial charge < -0.3 is 4.74 Å². The molecule has 2 rings (SSSR count). The lowest BCUT2D eigenvalue weighted by molar-refractivity contribution is 0.372. The van der Waals surface area contributed by atoms with E-state index < -0.39 is 0 Å². The topological polar surface area (TPSA) is 9.23 Å². The summed E-state index contributed by atoms with van der Waals surface area (Å²) in [7, 11) is 1.63. The molecule has 0 amide bonds. The molecule has 2 aromatic carbocycles. The molecule has 0 bridgehead atoms. The van der Waals surface area contributed by atoms with Crippen molar-refractivity contribution in [1.82, 2.24) is 0 Å². The Morgan fingerprint density at radius 1 is 1.00 bits per heavy atom. The molecule has 0 saturated carbocycles. The fraction of sp³-hybridized carbons (Fsp3) is 0.0667. The molecule has 0 aliphatic carbocycles. The van der Waals surface area contributed by atoms with E-state index in [1.807, 2.05) is 36.4 Å². The van der Waals surface area contributed by atoms with E-state index in [0.717, 1.165) is 16.9 Å². The molecule has 1 nitrogen and oxygen atoms in total. The van der Waals surface area contributed by atoms with Crippen LogP contribution in [0.1, 0.15) is 11.1 Å². The third-order valence-corrected chi connectivity index (χ3v) is 2.45. The monoisotopic (exact) mass is 228 g/mol. The largest absolute Gasteiger partial charge is 0.496 e. The van der Waals surface area contributed by atoms with Gasteiger partial charge in [0.15, 0.2) is 0 Å². The predicted molar refractivity (Wildman–Crippen MR) is 67.7 cm³/mol. The molecule has 0 unspecified atom stereocenters. The van der Waals surface area contributed by atoms with Crippen LogP contribution in [-0.4, -0.2) is 7.11 Å². The SMILES string of the molecule is CO/C(=C/c1ccc(F)cc1)c1ccccc1. The average molecular weight is 228 g/mol. The van der Waals surface area contributed by atoms with Gasteiger partial charge in [0, 0.05) is 5.56 Å². The van der Waals surface area contributed by atoms with Crippen molar-refractivity contribution in [3.63, 3.8) is 0 Å². The molecule has 0 atom stereocenters. The summed E-state index contributed by atoms with van der Waals surface area (Å²) in [6, 6.07) is 16.1. The van der Waals surface area contributed by atoms with Gasteiger partial charge in [-0.05, 0) is 23.8 Å². The number of hydrogen-bond donors (Lipinski definition) is 0. The highest BCUT2D eigenvalue weighted by molar-refractivity contribution is 5.77. The lowest BCUT2D eigenvalue weighted by atomic mass is 10.1. The van der Waals surface area contributed by atoms with Crippen molar-refractivity contribution in [3.05, 3.63) is 71.5 Å². The quantitative estimate of drug-likeness (QED) is 0.570. The summed E-state index contributed by atoms with van der Waals surface area (Å²) in [6.07, 6.45) is 1.88. The second-order valence-electron chi connectivity index (χ2n) is 3.63. The first kappa shape index (κ1) is 11.4. The highest BCUT2D eigenvalue weighted by atomic mass is 19.1. The van der Waals surface area contributed by atoms with E-state index in [-0.39, 0.29) is 5.82 Å². The molecule has 2 heteroatoms. The first-order valence-electron chi connectivity index (χ1n) is 5.36. The molecule has 0 heterocycles. The third kappa shape index (κ3) is 2.94. The van der Waals surface area contributed by atoms with Gasteiger partial charge in [-0.3, -0.25) is 0 Å². The first-order chi connectivity index (χ1) is 8.29. The lowest BCUT2D eigenvalue weighted by Gasteiger charge is -2.06. The van der Waals surface area contributed by atoms with E-state index in [1.54, 1.807) is 19.2 Å². The number of rotatable bonds is 3. The van der Waals surface area contributed by atoms with E-state index in [1.165, 1.54) is 12.1 Å². The Hall–Kier alpha value is -2.09. The Bertz CT molecular complexity index is 500. The Morgan fingerprint density at radius 2 is 1.65 bits per heavy atom. The van der Waals surface area contributed by atoms with Crippen molar-refractivity contribution in [2.45, 2.75) is 0 Å². The standard InChI is InChI=1S/C15H13FO/c1-17-15(13-5-3-2-4-6-13)11-12-7-9-14(16)10-8-12/h2-11H,1H3/b15-11+. The van der Waals surface area contributed by atoms with Crippen molar-refractivity contribution in [2.75, 3.05) is 7.11 Å². The summed E-state index contributed by atoms with van der Waals surface area (Å²) in [5, 5.41) is 0. The van der Waals surface area contributed by atoms with Gasteiger partial charge in [0.2, 0.25) is 0 Å². The highest BCUT2D eigenvalue weighted by Gasteiger charge is 2.00. The minimum atomic E-state index is -0.235. The maximum Gasteiger partial charge on any atom is 0.126 e. The second-order valence-corrected chi connectivity index (χ2v) is 3.63. The normalized spacial score (nSPS) is 11.3. The maximum atomic E-state index is 12.8. The molecule has 0 N–H and O–H groups in total. The van der Waals surface area contributed by atoms with Gasteiger partial charge in [-0.2, -0.15) is 0 Å². The summed E-state index contributed by atoms with van der Waals surface area (Å²) in [4.78, 5) is 0. The van der Waals surface area contributed by atoms with Gasteiger partial charge in [0.1, 0.15) is 11.6 Å². The van der Waals surface area contributed by atoms with Crippen LogP contribution in [0.2, 0.25) is 0 Å². The minimum absolute atomic E-state index is 0.235. The van der Waals surface area contributed by atoms with E-state index in [4.69, 9.17) is 4.74 Å². The molecule has 2 aromatic rings. The van der Waals surface area contributed by atoms with Gasteiger partial charge in [-0.15, -0.1) is 0 Å². The Kier molecular flexibility index (Phi) is 3.55. The average Bonchev–Trinajstić information content (AvgIpc) is 2.39. The van der Waals surface area contributed by atoms with Crippen LogP contribution in [0.5, 0.6) is 0 Å². The highest BCUT2D eigenvalue weighted by Crippen LogP contribution is 2.18. The molecular weight excluding hydrogens is 215 g/mol. The van der Waals surface area contributed by atoms with Crippen LogP contribution in [0.25, 0.3) is 11.8 Å². The zero-order chi connectivity index (χ0) is 12.1. The molecular formula is C15H13FO. The number of methoxy groups -OCH3 is 1. The van der Waals surface area contributed by atoms with Crippen molar-refractivity contribution in [3.8, 4) is 0 Å². The lowest BCUT2D eigenvalue weighted by Crippen LogP contribution is -1.87. The van der Waals surface area contributed by atoms with Crippen LogP contribution in [0, 0.1) is 5.82 Å². The molecule has 86 valence electrons. The molecule has 0 aliphatic heterocycles. The van der Waals surface area contributed by atoms with Crippen LogP contribution >= 0.6 is 0 Å². The fourth-order valence-corrected chi connectivity index (χ4v) is 1.57. The maximum absolute atomic E-state index is 12.8. The van der Waals surface area contributed by atoms with E-state index in [0.29, 0.717) is 0 Å². The minimum Gasteiger partial charge on any atom is -0.496 e. The van der Waals surface area contributed by atoms with Gasteiger partial charge >= 0.3 is 0 Å². The summed E-state index contributed by atoms with van der Waals surface area (Å²) in [5.74, 6) is 0.526. The number of halogens is 1. The Labute approximate surface area is 100 Å². The molecule has 0 fully saturated rings. The molecule has 0 aromatic heterocycles. The van der Waals surface area contributed by atoms with Crippen molar-refractivity contribution >= 4 is 11.8 Å². The smallest absolute Gasteiger partial charge is 0.126 e. The first-order valence-corrected chi connectivity index (χ1v) is 5.36. The van der Waals surface area contributed by atoms with Crippen molar-refractivity contribution < 1.29 is 9.13 Å². The Balaban J connectivity index is 2.33. The molecule has 0 aliphatic rings. The third-order valence-electron chi connectivity index (χ3n) is 2.45. The second kappa shape index (κ2) is 5.30. The number of benzene rings is 2. The van der Waals surface area contributed by atoms with Gasteiger partial charge in [-0.25, -0.2) is 4.39 Å². The van der Waals surface area contributed by atoms with Crippen LogP contribution in [0.3, 0.4) is 0 Å². The van der Waals surface area contributed by atoms with Crippen LogP contribution in [0.15, 0.2) is 54.6 Å². The fourth-order valence-electron chi connectivity index (χ4n) is 1.57. The van der Waals surface area contributed by atoms with Gasteiger partial charge in [-0.1, -0.05) is 42.5 Å². The van der Waals surface area contributed by atoms with Crippen LogP contribution < -0.4 is 0 Å².